The van der Waals surface area contributed by atoms with Gasteiger partial charge in [-0.05, 0) is 73.2 Å². The van der Waals surface area contributed by atoms with E-state index in [9.17, 15) is 24.3 Å². The van der Waals surface area contributed by atoms with Crippen molar-refractivity contribution >= 4 is 23.6 Å². The Balaban J connectivity index is 1.15. The summed E-state index contributed by atoms with van der Waals surface area (Å²) >= 11 is 0. The van der Waals surface area contributed by atoms with Crippen molar-refractivity contribution < 1.29 is 24.3 Å². The van der Waals surface area contributed by atoms with Gasteiger partial charge >= 0.3 is 0 Å². The topological polar surface area (TPSA) is 95.0 Å². The molecule has 0 radical (unpaired) electrons. The molecular formula is C30H24N2O5. The third-order valence-corrected chi connectivity index (χ3v) is 6.40. The highest BCUT2D eigenvalue weighted by Gasteiger charge is 2.34. The van der Waals surface area contributed by atoms with E-state index < -0.39 is 0 Å². The molecule has 3 aromatic rings. The van der Waals surface area contributed by atoms with Gasteiger partial charge in [0.25, 0.3) is 23.6 Å². The molecule has 7 nitrogen and oxygen atoms in total. The number of benzene rings is 3. The van der Waals surface area contributed by atoms with E-state index in [1.54, 1.807) is 72.8 Å². The Morgan fingerprint density at radius 1 is 0.568 bits per heavy atom. The van der Waals surface area contributed by atoms with Gasteiger partial charge in [0, 0.05) is 12.4 Å². The summed E-state index contributed by atoms with van der Waals surface area (Å²) in [6.45, 7) is 0. The van der Waals surface area contributed by atoms with E-state index in [1.165, 1.54) is 12.4 Å². The number of nitrogens with zero attached hydrogens (tertiary/aromatic N) is 2. The molecule has 0 spiro atoms. The molecule has 7 heteroatoms. The van der Waals surface area contributed by atoms with E-state index in [4.69, 9.17) is 0 Å². The van der Waals surface area contributed by atoms with E-state index in [0.29, 0.717) is 47.9 Å². The number of carbonyl (C=O) groups is 4. The van der Waals surface area contributed by atoms with Gasteiger partial charge in [-0.15, -0.1) is 0 Å². The monoisotopic (exact) mass is 492 g/mol. The number of imide groups is 2. The average molecular weight is 493 g/mol. The van der Waals surface area contributed by atoms with Gasteiger partial charge in [-0.1, -0.05) is 42.5 Å². The molecule has 0 saturated heterocycles. The number of hydrogen-bond donors (Lipinski definition) is 1. The van der Waals surface area contributed by atoms with Crippen LogP contribution in [-0.2, 0) is 12.8 Å². The minimum Gasteiger partial charge on any atom is -0.508 e. The van der Waals surface area contributed by atoms with Crippen LogP contribution in [0.5, 0.6) is 5.75 Å². The van der Waals surface area contributed by atoms with Gasteiger partial charge in [-0.3, -0.25) is 19.2 Å². The Morgan fingerprint density at radius 3 is 1.27 bits per heavy atom. The fourth-order valence-electron chi connectivity index (χ4n) is 4.58. The van der Waals surface area contributed by atoms with Gasteiger partial charge in [0.05, 0.1) is 22.3 Å². The van der Waals surface area contributed by atoms with Gasteiger partial charge < -0.3 is 5.11 Å². The number of aromatic hydroxyl groups is 1. The van der Waals surface area contributed by atoms with Crippen LogP contribution in [-0.4, -0.2) is 38.5 Å². The zero-order chi connectivity index (χ0) is 25.9. The zero-order valence-electron chi connectivity index (χ0n) is 20.0. The molecule has 37 heavy (non-hydrogen) atoms. The molecule has 184 valence electrons. The first-order valence-corrected chi connectivity index (χ1v) is 12.0. The molecule has 2 aliphatic rings. The Kier molecular flexibility index (Phi) is 6.51. The standard InChI is InChI=1S/C30H24N2O5/c33-22-18-20(9-5-7-15-31-27(34)23-11-1-2-12-24(23)28(31)35)17-21(19-22)10-6-8-16-32-29(36)25-13-3-4-14-26(25)30(32)37/h1-4,7-8,11-19,33H,5-6,9-10H2. The molecule has 0 bridgehead atoms. The van der Waals surface area contributed by atoms with Crippen molar-refractivity contribution in [2.24, 2.45) is 0 Å². The van der Waals surface area contributed by atoms with Crippen LogP contribution in [0.2, 0.25) is 0 Å². The zero-order valence-corrected chi connectivity index (χ0v) is 20.0. The maximum absolute atomic E-state index is 12.4. The number of phenols is 1. The molecular weight excluding hydrogens is 468 g/mol. The van der Waals surface area contributed by atoms with Crippen LogP contribution in [0.1, 0.15) is 65.4 Å². The fourth-order valence-corrected chi connectivity index (χ4v) is 4.58. The Hall–Kier alpha value is -4.78. The fraction of sp³-hybridized carbons (Fsp3) is 0.133. The molecule has 4 amide bonds. The summed E-state index contributed by atoms with van der Waals surface area (Å²) in [5.41, 5.74) is 3.48. The van der Waals surface area contributed by atoms with Crippen LogP contribution in [0.15, 0.2) is 91.3 Å². The molecule has 0 aromatic heterocycles. The van der Waals surface area contributed by atoms with Crippen LogP contribution >= 0.6 is 0 Å². The minimum absolute atomic E-state index is 0.154. The maximum atomic E-state index is 12.4. The van der Waals surface area contributed by atoms with Crippen molar-refractivity contribution in [2.45, 2.75) is 25.7 Å². The van der Waals surface area contributed by atoms with E-state index in [1.807, 2.05) is 6.07 Å². The first-order valence-electron chi connectivity index (χ1n) is 12.0. The van der Waals surface area contributed by atoms with Crippen molar-refractivity contribution in [3.8, 4) is 5.75 Å². The molecule has 0 atom stereocenters. The predicted octanol–water partition coefficient (Wildman–Crippen LogP) is 4.88. The summed E-state index contributed by atoms with van der Waals surface area (Å²) in [4.78, 5) is 52.0. The highest BCUT2D eigenvalue weighted by molar-refractivity contribution is 6.22. The number of fused-ring (bicyclic) bond motifs is 2. The third-order valence-electron chi connectivity index (χ3n) is 6.40. The van der Waals surface area contributed by atoms with Gasteiger partial charge in [-0.2, -0.15) is 0 Å². The second-order valence-electron chi connectivity index (χ2n) is 8.91. The lowest BCUT2D eigenvalue weighted by atomic mass is 10.0. The molecule has 0 unspecified atom stereocenters. The van der Waals surface area contributed by atoms with Crippen LogP contribution < -0.4 is 0 Å². The molecule has 0 saturated carbocycles. The highest BCUT2D eigenvalue weighted by atomic mass is 16.3. The lowest BCUT2D eigenvalue weighted by Gasteiger charge is -2.08. The molecule has 3 aromatic carbocycles. The molecule has 1 N–H and O–H groups in total. The number of aryl methyl sites for hydroxylation is 2. The van der Waals surface area contributed by atoms with Gasteiger partial charge in [0.1, 0.15) is 5.75 Å². The third kappa shape index (κ3) is 4.71. The van der Waals surface area contributed by atoms with Crippen molar-refractivity contribution in [3.05, 3.63) is 125 Å². The summed E-state index contributed by atoms with van der Waals surface area (Å²) in [7, 11) is 0. The minimum atomic E-state index is -0.328. The number of hydrogen-bond acceptors (Lipinski definition) is 5. The van der Waals surface area contributed by atoms with Crippen molar-refractivity contribution in [2.75, 3.05) is 0 Å². The van der Waals surface area contributed by atoms with Gasteiger partial charge in [-0.25, -0.2) is 9.80 Å². The van der Waals surface area contributed by atoms with Crippen LogP contribution in [0, 0.1) is 0 Å². The number of phenolic OH excluding ortho intramolecular Hbond substituents is 1. The quantitative estimate of drug-likeness (QED) is 0.453. The highest BCUT2D eigenvalue weighted by Crippen LogP contribution is 2.24. The smallest absolute Gasteiger partial charge is 0.265 e. The van der Waals surface area contributed by atoms with Crippen LogP contribution in [0.25, 0.3) is 0 Å². The number of carbonyl (C=O) groups excluding carboxylic acids is 4. The van der Waals surface area contributed by atoms with Gasteiger partial charge in [0.15, 0.2) is 0 Å². The Labute approximate surface area is 213 Å². The average Bonchev–Trinajstić information content (AvgIpc) is 3.29. The van der Waals surface area contributed by atoms with Crippen molar-refractivity contribution in [3.63, 3.8) is 0 Å². The van der Waals surface area contributed by atoms with Crippen LogP contribution in [0.4, 0.5) is 0 Å². The second-order valence-corrected chi connectivity index (χ2v) is 8.91. The molecule has 0 fully saturated rings. The van der Waals surface area contributed by atoms with Crippen molar-refractivity contribution in [1.82, 2.24) is 9.80 Å². The maximum Gasteiger partial charge on any atom is 0.265 e. The summed E-state index contributed by atoms with van der Waals surface area (Å²) in [6.07, 6.45) is 8.97. The van der Waals surface area contributed by atoms with E-state index in [0.717, 1.165) is 20.9 Å². The molecule has 2 aliphatic heterocycles. The molecule has 0 aliphatic carbocycles. The normalized spacial score (nSPS) is 14.9. The van der Waals surface area contributed by atoms with Crippen molar-refractivity contribution in [1.29, 1.82) is 0 Å². The Morgan fingerprint density at radius 2 is 0.919 bits per heavy atom. The summed E-state index contributed by atoms with van der Waals surface area (Å²) < 4.78 is 0. The second kappa shape index (κ2) is 10.1. The van der Waals surface area contributed by atoms with Gasteiger partial charge in [0.2, 0.25) is 0 Å². The predicted molar refractivity (Wildman–Crippen MR) is 137 cm³/mol. The lowest BCUT2D eigenvalue weighted by Crippen LogP contribution is -2.23. The summed E-state index contributed by atoms with van der Waals surface area (Å²) in [5, 5.41) is 10.2. The summed E-state index contributed by atoms with van der Waals surface area (Å²) in [5.74, 6) is -1.16. The number of amides is 4. The molecule has 5 rings (SSSR count). The van der Waals surface area contributed by atoms with E-state index in [2.05, 4.69) is 0 Å². The Bertz CT molecular complexity index is 1310. The molecule has 2 heterocycles. The lowest BCUT2D eigenvalue weighted by molar-refractivity contribution is 0.0705. The van der Waals surface area contributed by atoms with E-state index >= 15 is 0 Å². The largest absolute Gasteiger partial charge is 0.508 e. The number of allylic oxidation sites excluding steroid dienone is 2. The number of rotatable bonds is 8. The SMILES string of the molecule is O=C1c2ccccc2C(=O)N1C=CCCc1cc(O)cc(CCC=CN2C(=O)c3ccccc3C2=O)c1. The first-order chi connectivity index (χ1) is 17.9. The van der Waals surface area contributed by atoms with Crippen LogP contribution in [0.3, 0.4) is 0 Å². The van der Waals surface area contributed by atoms with E-state index in [-0.39, 0.29) is 29.4 Å². The summed E-state index contributed by atoms with van der Waals surface area (Å²) in [6, 6.07) is 18.9. The first kappa shape index (κ1) is 23.9.